The van der Waals surface area contributed by atoms with Crippen molar-refractivity contribution in [2.75, 3.05) is 7.05 Å². The minimum Gasteiger partial charge on any atom is -0.386 e. The highest BCUT2D eigenvalue weighted by molar-refractivity contribution is 7.77. The van der Waals surface area contributed by atoms with E-state index >= 15 is 0 Å². The van der Waals surface area contributed by atoms with Crippen LogP contribution in [0.15, 0.2) is 91.0 Å². The van der Waals surface area contributed by atoms with Crippen molar-refractivity contribution in [3.8, 4) is 0 Å². The van der Waals surface area contributed by atoms with Crippen molar-refractivity contribution in [3.63, 3.8) is 0 Å². The summed E-state index contributed by atoms with van der Waals surface area (Å²) in [6.07, 6.45) is -0.822. The van der Waals surface area contributed by atoms with Crippen molar-refractivity contribution in [2.24, 2.45) is 0 Å². The maximum Gasteiger partial charge on any atom is 0.239 e. The molecule has 162 valence electrons. The molecule has 0 aromatic heterocycles. The van der Waals surface area contributed by atoms with Crippen molar-refractivity contribution in [3.05, 3.63) is 96.6 Å². The van der Waals surface area contributed by atoms with Gasteiger partial charge in [0, 0.05) is 17.7 Å². The summed E-state index contributed by atoms with van der Waals surface area (Å²) in [6, 6.07) is 26.4. The summed E-state index contributed by atoms with van der Waals surface area (Å²) in [5.74, 6) is -0.241. The van der Waals surface area contributed by atoms with Gasteiger partial charge >= 0.3 is 0 Å². The first-order valence-electron chi connectivity index (χ1n) is 10.3. The third-order valence-electron chi connectivity index (χ3n) is 5.54. The Hall–Kier alpha value is -2.72. The Morgan fingerprint density at radius 2 is 1.26 bits per heavy atom. The number of nitrogens with one attached hydrogen (secondary N) is 1. The fourth-order valence-electron chi connectivity index (χ4n) is 3.55. The normalized spacial score (nSPS) is 14.5. The van der Waals surface area contributed by atoms with Crippen LogP contribution in [0.25, 0.3) is 0 Å². The number of nitrogens with zero attached hydrogens (tertiary/aromatic N) is 1. The fraction of sp³-hybridized carbons (Fsp3) is 0.240. The van der Waals surface area contributed by atoms with E-state index in [-0.39, 0.29) is 5.91 Å². The van der Waals surface area contributed by atoms with E-state index in [1.165, 1.54) is 4.90 Å². The molecule has 3 atom stereocenters. The summed E-state index contributed by atoms with van der Waals surface area (Å²) in [6.45, 7) is 3.51. The highest BCUT2D eigenvalue weighted by Crippen LogP contribution is 2.39. The zero-order valence-corrected chi connectivity index (χ0v) is 18.9. The fourth-order valence-corrected chi connectivity index (χ4v) is 5.98. The number of amides is 1. The van der Waals surface area contributed by atoms with Gasteiger partial charge in [-0.3, -0.25) is 9.36 Å². The van der Waals surface area contributed by atoms with Gasteiger partial charge in [-0.2, -0.15) is 0 Å². The lowest BCUT2D eigenvalue weighted by Gasteiger charge is -2.33. The number of likely N-dealkylation sites (N-methyl/N-ethyl adjacent to an activating group) is 1. The Morgan fingerprint density at radius 3 is 1.71 bits per heavy atom. The van der Waals surface area contributed by atoms with Gasteiger partial charge in [-0.15, -0.1) is 0 Å². The molecule has 3 aromatic rings. The lowest BCUT2D eigenvalue weighted by Crippen LogP contribution is -2.48. The number of aliphatic hydroxyl groups is 1. The number of benzene rings is 3. The highest BCUT2D eigenvalue weighted by atomic mass is 31.2. The Labute approximate surface area is 184 Å². The van der Waals surface area contributed by atoms with Gasteiger partial charge in [0.1, 0.15) is 0 Å². The molecule has 3 aromatic carbocycles. The molecule has 1 amide bonds. The molecule has 0 bridgehead atoms. The second-order valence-corrected chi connectivity index (χ2v) is 10.2. The highest BCUT2D eigenvalue weighted by Gasteiger charge is 2.33. The molecular formula is C25H29N2O3P. The number of rotatable bonds is 8. The predicted molar refractivity (Wildman–Crippen MR) is 126 cm³/mol. The zero-order valence-electron chi connectivity index (χ0n) is 18.1. The van der Waals surface area contributed by atoms with Crippen LogP contribution in [-0.4, -0.2) is 35.0 Å². The van der Waals surface area contributed by atoms with Gasteiger partial charge in [0.15, 0.2) is 0 Å². The summed E-state index contributed by atoms with van der Waals surface area (Å²) in [4.78, 5) is 14.7. The minimum atomic E-state index is -3.25. The molecule has 0 unspecified atom stereocenters. The van der Waals surface area contributed by atoms with Crippen molar-refractivity contribution < 1.29 is 14.5 Å². The molecule has 0 fully saturated rings. The predicted octanol–water partition coefficient (Wildman–Crippen LogP) is 3.47. The molecule has 0 heterocycles. The van der Waals surface area contributed by atoms with Crippen LogP contribution >= 0.6 is 7.29 Å². The average molecular weight is 436 g/mol. The van der Waals surface area contributed by atoms with Gasteiger partial charge < -0.3 is 10.0 Å². The Morgan fingerprint density at radius 1 is 0.839 bits per heavy atom. The van der Waals surface area contributed by atoms with E-state index < -0.39 is 25.5 Å². The number of hydrogen-bond donors (Lipinski definition) is 2. The van der Waals surface area contributed by atoms with Crippen molar-refractivity contribution in [2.45, 2.75) is 32.0 Å². The van der Waals surface area contributed by atoms with E-state index in [1.807, 2.05) is 91.0 Å². The number of carbonyl (C=O) groups is 1. The van der Waals surface area contributed by atoms with Gasteiger partial charge in [-0.1, -0.05) is 66.7 Å². The van der Waals surface area contributed by atoms with Crippen LogP contribution in [-0.2, 0) is 9.36 Å². The van der Waals surface area contributed by atoms with E-state index in [0.717, 1.165) is 5.56 Å². The maximum absolute atomic E-state index is 14.1. The Balaban J connectivity index is 1.82. The topological polar surface area (TPSA) is 69.6 Å². The lowest BCUT2D eigenvalue weighted by molar-refractivity contribution is -0.135. The molecule has 0 spiro atoms. The molecule has 5 nitrogen and oxygen atoms in total. The third kappa shape index (κ3) is 5.13. The molecule has 0 aliphatic carbocycles. The standard InChI is InChI=1S/C25H29N2O3P/c1-19(25(29)27(3)20(2)24(28)21-13-7-4-8-14-21)26-31(30,22-15-9-5-10-16-22)23-17-11-6-12-18-23/h4-20,24,28H,1-3H3,(H,26,30)/t19-,20-,24+/m0/s1. The van der Waals surface area contributed by atoms with E-state index in [2.05, 4.69) is 5.09 Å². The van der Waals surface area contributed by atoms with Gasteiger partial charge in [0.25, 0.3) is 0 Å². The molecule has 0 saturated carbocycles. The monoisotopic (exact) mass is 436 g/mol. The molecule has 2 N–H and O–H groups in total. The van der Waals surface area contributed by atoms with Crippen LogP contribution in [0.3, 0.4) is 0 Å². The molecule has 0 radical (unpaired) electrons. The maximum atomic E-state index is 14.1. The Bertz CT molecular complexity index is 985. The summed E-state index contributed by atoms with van der Waals surface area (Å²) in [5.41, 5.74) is 0.745. The Kier molecular flexibility index (Phi) is 7.45. The van der Waals surface area contributed by atoms with Crippen LogP contribution in [0.1, 0.15) is 25.5 Å². The van der Waals surface area contributed by atoms with Crippen molar-refractivity contribution >= 4 is 23.8 Å². The van der Waals surface area contributed by atoms with E-state index in [1.54, 1.807) is 20.9 Å². The van der Waals surface area contributed by atoms with Crippen LogP contribution in [0.2, 0.25) is 0 Å². The van der Waals surface area contributed by atoms with Crippen molar-refractivity contribution in [1.29, 1.82) is 0 Å². The first kappa shape index (κ1) is 23.0. The van der Waals surface area contributed by atoms with Crippen LogP contribution < -0.4 is 15.7 Å². The van der Waals surface area contributed by atoms with Crippen molar-refractivity contribution in [1.82, 2.24) is 9.99 Å². The van der Waals surface area contributed by atoms with Crippen LogP contribution in [0.4, 0.5) is 0 Å². The summed E-state index contributed by atoms with van der Waals surface area (Å²) >= 11 is 0. The second-order valence-electron chi connectivity index (χ2n) is 7.68. The summed E-state index contributed by atoms with van der Waals surface area (Å²) in [7, 11) is -1.59. The number of carbonyl (C=O) groups excluding carboxylic acids is 1. The summed E-state index contributed by atoms with van der Waals surface area (Å²) in [5, 5.41) is 15.1. The molecule has 0 aliphatic rings. The van der Waals surface area contributed by atoms with Gasteiger partial charge in [0.2, 0.25) is 13.2 Å². The molecular weight excluding hydrogens is 407 g/mol. The number of hydrogen-bond acceptors (Lipinski definition) is 3. The molecule has 3 rings (SSSR count). The van der Waals surface area contributed by atoms with Gasteiger partial charge in [-0.05, 0) is 43.7 Å². The summed E-state index contributed by atoms with van der Waals surface area (Å²) < 4.78 is 14.1. The van der Waals surface area contributed by atoms with E-state index in [9.17, 15) is 14.5 Å². The minimum absolute atomic E-state index is 0.241. The smallest absolute Gasteiger partial charge is 0.239 e. The third-order valence-corrected chi connectivity index (χ3v) is 8.34. The van der Waals surface area contributed by atoms with Crippen LogP contribution in [0.5, 0.6) is 0 Å². The van der Waals surface area contributed by atoms with E-state index in [4.69, 9.17) is 0 Å². The van der Waals surface area contributed by atoms with Gasteiger partial charge in [-0.25, -0.2) is 5.09 Å². The largest absolute Gasteiger partial charge is 0.386 e. The molecule has 31 heavy (non-hydrogen) atoms. The van der Waals surface area contributed by atoms with Crippen LogP contribution in [0, 0.1) is 0 Å². The van der Waals surface area contributed by atoms with E-state index in [0.29, 0.717) is 10.6 Å². The average Bonchev–Trinajstić information content (AvgIpc) is 2.83. The second kappa shape index (κ2) is 10.1. The molecule has 6 heteroatoms. The molecule has 0 aliphatic heterocycles. The lowest BCUT2D eigenvalue weighted by atomic mass is 10.0. The first-order valence-corrected chi connectivity index (χ1v) is 12.0. The molecule has 0 saturated heterocycles. The first-order chi connectivity index (χ1) is 14.8. The SMILES string of the molecule is C[C@H](NP(=O)(c1ccccc1)c1ccccc1)C(=O)N(C)[C@@H](C)[C@@H](O)c1ccccc1. The quantitative estimate of drug-likeness (QED) is 0.531. The van der Waals surface area contributed by atoms with Gasteiger partial charge in [0.05, 0.1) is 18.2 Å². The number of aliphatic hydroxyl groups excluding tert-OH is 1. The zero-order chi connectivity index (χ0) is 22.4.